The van der Waals surface area contributed by atoms with E-state index in [0.717, 1.165) is 24.2 Å². The Bertz CT molecular complexity index is 1060. The van der Waals surface area contributed by atoms with Gasteiger partial charge in [0.25, 0.3) is 0 Å². The number of ether oxygens (including phenoxy) is 1. The van der Waals surface area contributed by atoms with E-state index in [-0.39, 0.29) is 29.7 Å². The maximum absolute atomic E-state index is 13.4. The van der Waals surface area contributed by atoms with Gasteiger partial charge in [0.15, 0.2) is 0 Å². The van der Waals surface area contributed by atoms with Gasteiger partial charge in [-0.1, -0.05) is 36.4 Å². The Morgan fingerprint density at radius 1 is 1.19 bits per heavy atom. The number of hydrogen-bond donors (Lipinski definition) is 3. The lowest BCUT2D eigenvalue weighted by molar-refractivity contribution is -0.143. The molecule has 2 heterocycles. The molecule has 0 radical (unpaired) electrons. The van der Waals surface area contributed by atoms with Crippen LogP contribution in [0.15, 0.2) is 42.5 Å². The van der Waals surface area contributed by atoms with Crippen LogP contribution in [0, 0.1) is 6.92 Å². The van der Waals surface area contributed by atoms with Crippen molar-refractivity contribution < 1.29 is 19.1 Å². The van der Waals surface area contributed by atoms with Crippen molar-refractivity contribution in [3.8, 4) is 0 Å². The highest BCUT2D eigenvalue weighted by Crippen LogP contribution is 2.32. The monoisotopic (exact) mass is 509 g/mol. The molecule has 3 rings (SSSR count). The van der Waals surface area contributed by atoms with E-state index in [1.54, 1.807) is 19.9 Å². The highest BCUT2D eigenvalue weighted by Gasteiger charge is 2.35. The van der Waals surface area contributed by atoms with E-state index >= 15 is 0 Å². The van der Waals surface area contributed by atoms with Gasteiger partial charge >= 0.3 is 5.97 Å². The summed E-state index contributed by atoms with van der Waals surface area (Å²) < 4.78 is 5.04. The second-order valence-corrected chi connectivity index (χ2v) is 9.52. The molecule has 2 aromatic rings. The molecule has 9 heteroatoms. The van der Waals surface area contributed by atoms with Crippen LogP contribution in [-0.4, -0.2) is 59.4 Å². The van der Waals surface area contributed by atoms with Crippen molar-refractivity contribution >= 4 is 23.6 Å². The molecule has 1 unspecified atom stereocenters. The van der Waals surface area contributed by atoms with Crippen molar-refractivity contribution in [1.29, 1.82) is 0 Å². The van der Waals surface area contributed by atoms with Gasteiger partial charge in [0.2, 0.25) is 11.8 Å². The number of carbonyl (C=O) groups is 3. The van der Waals surface area contributed by atoms with E-state index in [2.05, 4.69) is 32.7 Å². The maximum atomic E-state index is 13.4. The molecule has 4 N–H and O–H groups in total. The molecule has 1 aromatic heterocycles. The van der Waals surface area contributed by atoms with Crippen LogP contribution in [0.4, 0.5) is 5.82 Å². The van der Waals surface area contributed by atoms with E-state index in [1.807, 2.05) is 31.2 Å². The summed E-state index contributed by atoms with van der Waals surface area (Å²) in [7, 11) is 0. The number of rotatable bonds is 11. The molecule has 2 amide bonds. The summed E-state index contributed by atoms with van der Waals surface area (Å²) in [5.74, 6) is 0.0165. The van der Waals surface area contributed by atoms with Gasteiger partial charge in [0.1, 0.15) is 11.9 Å². The Labute approximate surface area is 219 Å². The Balaban J connectivity index is 1.61. The number of nitrogens with two attached hydrogens (primary N) is 1. The van der Waals surface area contributed by atoms with Crippen molar-refractivity contribution in [3.05, 3.63) is 59.3 Å². The van der Waals surface area contributed by atoms with E-state index in [9.17, 15) is 14.4 Å². The minimum Gasteiger partial charge on any atom is -0.466 e. The lowest BCUT2D eigenvalue weighted by Gasteiger charge is -2.39. The molecule has 9 nitrogen and oxygen atoms in total. The number of nitrogens with zero attached hydrogens (tertiary/aromatic N) is 2. The molecule has 3 atom stereocenters. The third kappa shape index (κ3) is 8.28. The summed E-state index contributed by atoms with van der Waals surface area (Å²) >= 11 is 0. The summed E-state index contributed by atoms with van der Waals surface area (Å²) in [6.07, 6.45) is 2.51. The van der Waals surface area contributed by atoms with Crippen LogP contribution in [0.2, 0.25) is 0 Å². The van der Waals surface area contributed by atoms with Crippen LogP contribution in [0.25, 0.3) is 0 Å². The summed E-state index contributed by atoms with van der Waals surface area (Å²) in [5, 5.41) is 5.78. The van der Waals surface area contributed by atoms with Gasteiger partial charge in [-0.2, -0.15) is 0 Å². The fourth-order valence-corrected chi connectivity index (χ4v) is 4.75. The highest BCUT2D eigenvalue weighted by atomic mass is 16.5. The topological polar surface area (TPSA) is 127 Å². The predicted molar refractivity (Wildman–Crippen MR) is 142 cm³/mol. The second kappa shape index (κ2) is 13.7. The smallest absolute Gasteiger partial charge is 0.305 e. The van der Waals surface area contributed by atoms with Crippen molar-refractivity contribution in [2.75, 3.05) is 25.4 Å². The van der Waals surface area contributed by atoms with Gasteiger partial charge < -0.3 is 21.1 Å². The molecule has 200 valence electrons. The zero-order valence-corrected chi connectivity index (χ0v) is 22.0. The number of aromatic nitrogens is 1. The lowest BCUT2D eigenvalue weighted by atomic mass is 9.84. The first-order chi connectivity index (χ1) is 17.8. The molecule has 0 aliphatic carbocycles. The molecule has 1 aromatic carbocycles. The molecule has 0 bridgehead atoms. The lowest BCUT2D eigenvalue weighted by Crippen LogP contribution is -2.55. The third-order valence-corrected chi connectivity index (χ3v) is 6.84. The Kier molecular flexibility index (Phi) is 10.4. The molecular weight excluding hydrogens is 470 g/mol. The van der Waals surface area contributed by atoms with E-state index in [4.69, 9.17) is 10.5 Å². The maximum Gasteiger partial charge on any atom is 0.305 e. The Morgan fingerprint density at radius 3 is 2.65 bits per heavy atom. The van der Waals surface area contributed by atoms with E-state index in [1.165, 1.54) is 5.56 Å². The number of likely N-dealkylation sites (tertiary alicyclic amines) is 1. The van der Waals surface area contributed by atoms with Crippen molar-refractivity contribution in [2.45, 2.75) is 71.0 Å². The number of nitrogens with one attached hydrogen (secondary N) is 2. The fraction of sp³-hybridized carbons (Fsp3) is 0.500. The number of pyridine rings is 1. The first kappa shape index (κ1) is 28.1. The summed E-state index contributed by atoms with van der Waals surface area (Å²) in [4.78, 5) is 44.3. The minimum atomic E-state index is -0.701. The molecule has 37 heavy (non-hydrogen) atoms. The van der Waals surface area contributed by atoms with E-state index in [0.29, 0.717) is 44.8 Å². The zero-order valence-electron chi connectivity index (χ0n) is 22.0. The first-order valence-electron chi connectivity index (χ1n) is 13.0. The van der Waals surface area contributed by atoms with Crippen LogP contribution in [0.3, 0.4) is 0 Å². The quantitative estimate of drug-likeness (QED) is 0.398. The number of amides is 2. The number of nitrogen functional groups attached to an aromatic ring is 1. The van der Waals surface area contributed by atoms with Gasteiger partial charge in [-0.25, -0.2) is 4.98 Å². The van der Waals surface area contributed by atoms with Crippen LogP contribution in [0.5, 0.6) is 0 Å². The fourth-order valence-electron chi connectivity index (χ4n) is 4.75. The van der Waals surface area contributed by atoms with Gasteiger partial charge in [-0.05, 0) is 76.2 Å². The van der Waals surface area contributed by atoms with E-state index < -0.39 is 6.04 Å². The number of esters is 1. The van der Waals surface area contributed by atoms with Crippen molar-refractivity contribution in [1.82, 2.24) is 20.5 Å². The van der Waals surface area contributed by atoms with Gasteiger partial charge in [-0.15, -0.1) is 0 Å². The molecule has 0 spiro atoms. The Morgan fingerprint density at radius 2 is 1.95 bits per heavy atom. The second-order valence-electron chi connectivity index (χ2n) is 9.52. The standard InChI is InChI=1S/C28H39N5O4/c1-4-37-26(34)11-8-15-33-16-14-22(21-9-6-5-7-10-21)17-24(33)28(36)32-20(3)27(35)30-18-23-12-13-25(29)31-19(23)2/h5-7,9-10,12-13,20,22,24H,4,8,11,14-18H2,1-3H3,(H2,29,31)(H,30,35)(H,32,36)/t20-,22-,24?/m0/s1. The number of piperidine rings is 1. The van der Waals surface area contributed by atoms with Gasteiger partial charge in [0.05, 0.1) is 12.6 Å². The van der Waals surface area contributed by atoms with Crippen LogP contribution >= 0.6 is 0 Å². The largest absolute Gasteiger partial charge is 0.466 e. The Hall–Kier alpha value is -3.46. The van der Waals surface area contributed by atoms with Crippen molar-refractivity contribution in [3.63, 3.8) is 0 Å². The molecule has 1 fully saturated rings. The van der Waals surface area contributed by atoms with Crippen molar-refractivity contribution in [2.24, 2.45) is 0 Å². The first-order valence-corrected chi connectivity index (χ1v) is 13.0. The summed E-state index contributed by atoms with van der Waals surface area (Å²) in [5.41, 5.74) is 8.54. The van der Waals surface area contributed by atoms with Gasteiger partial charge in [-0.3, -0.25) is 19.3 Å². The number of hydrogen-bond acceptors (Lipinski definition) is 7. The average Bonchev–Trinajstić information content (AvgIpc) is 2.88. The third-order valence-electron chi connectivity index (χ3n) is 6.84. The van der Waals surface area contributed by atoms with Crippen LogP contribution < -0.4 is 16.4 Å². The van der Waals surface area contributed by atoms with Crippen LogP contribution in [0.1, 0.15) is 62.3 Å². The molecule has 1 aliphatic heterocycles. The predicted octanol–water partition coefficient (Wildman–Crippen LogP) is 2.68. The summed E-state index contributed by atoms with van der Waals surface area (Å²) in [6, 6.07) is 12.7. The molecular formula is C28H39N5O4. The number of benzene rings is 1. The molecule has 1 saturated heterocycles. The molecule has 1 aliphatic rings. The highest BCUT2D eigenvalue weighted by molar-refractivity contribution is 5.89. The van der Waals surface area contributed by atoms with Gasteiger partial charge in [0, 0.05) is 18.7 Å². The average molecular weight is 510 g/mol. The normalized spacial score (nSPS) is 18.6. The number of aryl methyl sites for hydroxylation is 1. The molecule has 0 saturated carbocycles. The number of anilines is 1. The minimum absolute atomic E-state index is 0.176. The van der Waals surface area contributed by atoms with Crippen LogP contribution in [-0.2, 0) is 25.7 Å². The zero-order chi connectivity index (χ0) is 26.8. The SMILES string of the molecule is CCOC(=O)CCCN1CC[C@H](c2ccccc2)CC1C(=O)N[C@@H](C)C(=O)NCc1ccc(N)nc1C. The summed E-state index contributed by atoms with van der Waals surface area (Å²) in [6.45, 7) is 7.33. The number of carbonyl (C=O) groups excluding carboxylic acids is 3.